The molecular formula is C26H34N2OS. The number of benzene rings is 2. The molecule has 2 aromatic carbocycles. The highest BCUT2D eigenvalue weighted by Crippen LogP contribution is 2.32. The summed E-state index contributed by atoms with van der Waals surface area (Å²) in [6, 6.07) is 17.5. The van der Waals surface area contributed by atoms with Crippen molar-refractivity contribution >= 4 is 17.7 Å². The first kappa shape index (κ1) is 21.5. The number of carbonyl (C=O) groups is 1. The van der Waals surface area contributed by atoms with E-state index in [2.05, 4.69) is 72.2 Å². The highest BCUT2D eigenvalue weighted by molar-refractivity contribution is 8.00. The lowest BCUT2D eigenvalue weighted by Gasteiger charge is -2.32. The normalized spacial score (nSPS) is 20.6. The molecule has 4 rings (SSSR count). The first-order valence-corrected chi connectivity index (χ1v) is 12.2. The molecule has 1 atom stereocenters. The van der Waals surface area contributed by atoms with Gasteiger partial charge in [-0.15, -0.1) is 11.8 Å². The lowest BCUT2D eigenvalue weighted by molar-refractivity contribution is -0.132. The summed E-state index contributed by atoms with van der Waals surface area (Å²) in [5, 5.41) is 0.437. The van der Waals surface area contributed by atoms with Gasteiger partial charge < -0.3 is 9.80 Å². The van der Waals surface area contributed by atoms with Gasteiger partial charge >= 0.3 is 0 Å². The van der Waals surface area contributed by atoms with Gasteiger partial charge in [-0.1, -0.05) is 55.0 Å². The van der Waals surface area contributed by atoms with E-state index in [1.165, 1.54) is 40.8 Å². The molecule has 0 bridgehead atoms. The average molecular weight is 423 g/mol. The quantitative estimate of drug-likeness (QED) is 0.665. The van der Waals surface area contributed by atoms with Gasteiger partial charge in [0.05, 0.1) is 0 Å². The Morgan fingerprint density at radius 2 is 1.87 bits per heavy atom. The Balaban J connectivity index is 1.26. The van der Waals surface area contributed by atoms with E-state index in [-0.39, 0.29) is 0 Å². The van der Waals surface area contributed by atoms with Crippen LogP contribution in [0, 0.1) is 12.8 Å². The standard InChI is InChI=1S/C26H34N2OS/c1-20-8-9-25-24(16-20)19-28(18-21(2)30-25)26(29)12-15-27-13-10-23(11-14-27)17-22-6-4-3-5-7-22/h3-9,16,21,23H,10-15,17-19H2,1-2H3/t21-/m0/s1. The van der Waals surface area contributed by atoms with Crippen molar-refractivity contribution in [3.63, 3.8) is 0 Å². The van der Waals surface area contributed by atoms with Crippen LogP contribution in [0.15, 0.2) is 53.4 Å². The number of aryl methyl sites for hydroxylation is 1. The fourth-order valence-electron chi connectivity index (χ4n) is 4.74. The number of amides is 1. The fraction of sp³-hybridized carbons (Fsp3) is 0.500. The first-order valence-electron chi connectivity index (χ1n) is 11.4. The molecule has 4 heteroatoms. The van der Waals surface area contributed by atoms with Crippen molar-refractivity contribution in [1.29, 1.82) is 0 Å². The second kappa shape index (κ2) is 10.0. The molecule has 2 aromatic rings. The van der Waals surface area contributed by atoms with Gasteiger partial charge in [-0.05, 0) is 62.4 Å². The van der Waals surface area contributed by atoms with Gasteiger partial charge in [-0.2, -0.15) is 0 Å². The predicted octanol–water partition coefficient (Wildman–Crippen LogP) is 5.16. The van der Waals surface area contributed by atoms with E-state index in [1.807, 2.05) is 11.8 Å². The molecule has 0 aliphatic carbocycles. The fourth-order valence-corrected chi connectivity index (χ4v) is 5.85. The van der Waals surface area contributed by atoms with E-state index in [0.29, 0.717) is 17.6 Å². The Hall–Kier alpha value is -1.78. The van der Waals surface area contributed by atoms with Crippen molar-refractivity contribution in [2.75, 3.05) is 26.2 Å². The highest BCUT2D eigenvalue weighted by Gasteiger charge is 2.25. The summed E-state index contributed by atoms with van der Waals surface area (Å²) < 4.78 is 0. The maximum Gasteiger partial charge on any atom is 0.224 e. The minimum atomic E-state index is 0.309. The van der Waals surface area contributed by atoms with E-state index in [4.69, 9.17) is 0 Å². The van der Waals surface area contributed by atoms with E-state index in [9.17, 15) is 4.79 Å². The van der Waals surface area contributed by atoms with Crippen LogP contribution in [0.25, 0.3) is 0 Å². The maximum atomic E-state index is 13.0. The van der Waals surface area contributed by atoms with Crippen LogP contribution >= 0.6 is 11.8 Å². The number of carbonyl (C=O) groups excluding carboxylic acids is 1. The monoisotopic (exact) mass is 422 g/mol. The molecule has 1 saturated heterocycles. The SMILES string of the molecule is Cc1ccc2c(c1)CN(C(=O)CCN1CCC(Cc3ccccc3)CC1)C[C@H](C)S2. The summed E-state index contributed by atoms with van der Waals surface area (Å²) in [7, 11) is 0. The molecule has 0 N–H and O–H groups in total. The highest BCUT2D eigenvalue weighted by atomic mass is 32.2. The van der Waals surface area contributed by atoms with Crippen LogP contribution in [0.4, 0.5) is 0 Å². The maximum absolute atomic E-state index is 13.0. The van der Waals surface area contributed by atoms with Gasteiger partial charge in [0, 0.05) is 36.2 Å². The van der Waals surface area contributed by atoms with E-state index < -0.39 is 0 Å². The molecule has 0 spiro atoms. The van der Waals surface area contributed by atoms with Crippen LogP contribution in [0.5, 0.6) is 0 Å². The summed E-state index contributed by atoms with van der Waals surface area (Å²) in [6.07, 6.45) is 4.32. The van der Waals surface area contributed by atoms with Gasteiger partial charge in [-0.3, -0.25) is 4.79 Å². The average Bonchev–Trinajstić information content (AvgIpc) is 2.91. The van der Waals surface area contributed by atoms with Crippen LogP contribution in [0.2, 0.25) is 0 Å². The van der Waals surface area contributed by atoms with Gasteiger partial charge in [0.25, 0.3) is 0 Å². The molecule has 1 amide bonds. The van der Waals surface area contributed by atoms with E-state index in [1.54, 1.807) is 0 Å². The zero-order chi connectivity index (χ0) is 20.9. The number of nitrogens with zero attached hydrogens (tertiary/aromatic N) is 2. The van der Waals surface area contributed by atoms with Crippen molar-refractivity contribution in [1.82, 2.24) is 9.80 Å². The molecule has 30 heavy (non-hydrogen) atoms. The van der Waals surface area contributed by atoms with E-state index in [0.717, 1.165) is 38.6 Å². The Bertz CT molecular complexity index is 845. The minimum absolute atomic E-state index is 0.309. The Morgan fingerprint density at radius 3 is 2.63 bits per heavy atom. The van der Waals surface area contributed by atoms with Gasteiger partial charge in [0.1, 0.15) is 0 Å². The largest absolute Gasteiger partial charge is 0.337 e. The number of likely N-dealkylation sites (tertiary alicyclic amines) is 1. The molecule has 0 saturated carbocycles. The van der Waals surface area contributed by atoms with Crippen molar-refractivity contribution < 1.29 is 4.79 Å². The second-order valence-electron chi connectivity index (χ2n) is 9.04. The van der Waals surface area contributed by atoms with Crippen molar-refractivity contribution in [3.8, 4) is 0 Å². The third kappa shape index (κ3) is 5.67. The van der Waals surface area contributed by atoms with Crippen molar-refractivity contribution in [2.45, 2.75) is 56.2 Å². The van der Waals surface area contributed by atoms with Crippen LogP contribution in [-0.4, -0.2) is 47.1 Å². The molecule has 160 valence electrons. The van der Waals surface area contributed by atoms with Gasteiger partial charge in [0.15, 0.2) is 0 Å². The molecule has 3 nitrogen and oxygen atoms in total. The topological polar surface area (TPSA) is 23.6 Å². The summed E-state index contributed by atoms with van der Waals surface area (Å²) in [4.78, 5) is 18.9. The number of hydrogen-bond donors (Lipinski definition) is 0. The molecule has 0 unspecified atom stereocenters. The van der Waals surface area contributed by atoms with Crippen LogP contribution in [0.1, 0.15) is 42.9 Å². The molecule has 2 aliphatic heterocycles. The minimum Gasteiger partial charge on any atom is -0.337 e. The summed E-state index contributed by atoms with van der Waals surface area (Å²) in [5.41, 5.74) is 4.03. The Kier molecular flexibility index (Phi) is 7.16. The third-order valence-corrected chi connectivity index (χ3v) is 7.66. The zero-order valence-electron chi connectivity index (χ0n) is 18.3. The first-order chi connectivity index (χ1) is 14.6. The molecule has 0 aromatic heterocycles. The zero-order valence-corrected chi connectivity index (χ0v) is 19.2. The number of rotatable bonds is 5. The number of hydrogen-bond acceptors (Lipinski definition) is 3. The second-order valence-corrected chi connectivity index (χ2v) is 10.5. The third-order valence-electron chi connectivity index (χ3n) is 6.45. The number of piperidine rings is 1. The molecule has 1 fully saturated rings. The summed E-state index contributed by atoms with van der Waals surface area (Å²) in [5.74, 6) is 1.09. The van der Waals surface area contributed by atoms with Gasteiger partial charge in [0.2, 0.25) is 5.91 Å². The van der Waals surface area contributed by atoms with Crippen LogP contribution in [0.3, 0.4) is 0 Å². The van der Waals surface area contributed by atoms with E-state index >= 15 is 0 Å². The van der Waals surface area contributed by atoms with Crippen LogP contribution < -0.4 is 0 Å². The van der Waals surface area contributed by atoms with Crippen LogP contribution in [-0.2, 0) is 17.8 Å². The Morgan fingerprint density at radius 1 is 1.10 bits per heavy atom. The molecule has 0 radical (unpaired) electrons. The van der Waals surface area contributed by atoms with Crippen molar-refractivity contribution in [2.24, 2.45) is 5.92 Å². The lowest BCUT2D eigenvalue weighted by atomic mass is 9.90. The molecule has 2 heterocycles. The number of fused-ring (bicyclic) bond motifs is 1. The van der Waals surface area contributed by atoms with Crippen molar-refractivity contribution in [3.05, 3.63) is 65.2 Å². The Labute approximate surface area is 185 Å². The predicted molar refractivity (Wildman–Crippen MR) is 126 cm³/mol. The van der Waals surface area contributed by atoms with Gasteiger partial charge in [-0.25, -0.2) is 0 Å². The number of thioether (sulfide) groups is 1. The smallest absolute Gasteiger partial charge is 0.224 e. The summed E-state index contributed by atoms with van der Waals surface area (Å²) >= 11 is 1.91. The molecular weight excluding hydrogens is 388 g/mol. The lowest BCUT2D eigenvalue weighted by Crippen LogP contribution is -2.39. The summed E-state index contributed by atoms with van der Waals surface area (Å²) in [6.45, 7) is 9.11. The molecule has 2 aliphatic rings.